The Bertz CT molecular complexity index is 534. The fraction of sp³-hybridized carbons (Fsp3) is 0.167. The van der Waals surface area contributed by atoms with Crippen LogP contribution in [-0.4, -0.2) is 21.7 Å². The Morgan fingerprint density at radius 1 is 1.29 bits per heavy atom. The lowest BCUT2D eigenvalue weighted by molar-refractivity contribution is 0.299. The quantitative estimate of drug-likeness (QED) is 0.827. The number of nitrogens with one attached hydrogen (secondary N) is 1. The van der Waals surface area contributed by atoms with Crippen LogP contribution in [0.3, 0.4) is 0 Å². The van der Waals surface area contributed by atoms with E-state index in [2.05, 4.69) is 9.97 Å². The zero-order valence-electron chi connectivity index (χ0n) is 9.09. The molecule has 17 heavy (non-hydrogen) atoms. The van der Waals surface area contributed by atoms with Crippen LogP contribution in [0.1, 0.15) is 5.56 Å². The average Bonchev–Trinajstić information content (AvgIpc) is 2.32. The third kappa shape index (κ3) is 3.15. The van der Waals surface area contributed by atoms with Crippen LogP contribution in [0, 0.1) is 0 Å². The Balaban J connectivity index is 2.11. The number of aromatic amines is 1. The monoisotopic (exact) mass is 232 g/mol. The van der Waals surface area contributed by atoms with Crippen molar-refractivity contribution >= 4 is 0 Å². The summed E-state index contributed by atoms with van der Waals surface area (Å²) in [7, 11) is 0. The van der Waals surface area contributed by atoms with Crippen molar-refractivity contribution in [1.82, 2.24) is 9.97 Å². The van der Waals surface area contributed by atoms with Crippen LogP contribution < -0.4 is 10.3 Å². The lowest BCUT2D eigenvalue weighted by atomic mass is 10.1. The number of aliphatic hydroxyl groups excluding tert-OH is 1. The van der Waals surface area contributed by atoms with Crippen LogP contribution in [0.2, 0.25) is 0 Å². The van der Waals surface area contributed by atoms with Gasteiger partial charge in [-0.05, 0) is 24.1 Å². The van der Waals surface area contributed by atoms with Crippen molar-refractivity contribution in [2.24, 2.45) is 0 Å². The van der Waals surface area contributed by atoms with E-state index < -0.39 is 0 Å². The smallest absolute Gasteiger partial charge is 0.254 e. The molecule has 2 N–H and O–H groups in total. The number of rotatable bonds is 4. The van der Waals surface area contributed by atoms with Crippen molar-refractivity contribution in [3.05, 3.63) is 52.6 Å². The maximum Gasteiger partial charge on any atom is 0.254 e. The van der Waals surface area contributed by atoms with E-state index in [0.717, 1.165) is 5.56 Å². The second kappa shape index (κ2) is 5.27. The van der Waals surface area contributed by atoms with E-state index in [9.17, 15) is 4.79 Å². The predicted octanol–water partition coefficient (Wildman–Crippen LogP) is 1.10. The second-order valence-corrected chi connectivity index (χ2v) is 3.47. The van der Waals surface area contributed by atoms with E-state index in [1.54, 1.807) is 12.1 Å². The van der Waals surface area contributed by atoms with Gasteiger partial charge in [-0.15, -0.1) is 0 Å². The summed E-state index contributed by atoms with van der Waals surface area (Å²) in [5.74, 6) is 0.855. The number of hydrogen-bond donors (Lipinski definition) is 2. The zero-order valence-corrected chi connectivity index (χ0v) is 9.09. The van der Waals surface area contributed by atoms with Gasteiger partial charge in [0, 0.05) is 6.61 Å². The first-order chi connectivity index (χ1) is 8.28. The summed E-state index contributed by atoms with van der Waals surface area (Å²) >= 11 is 0. The van der Waals surface area contributed by atoms with Crippen LogP contribution in [0.4, 0.5) is 0 Å². The molecule has 5 nitrogen and oxygen atoms in total. The topological polar surface area (TPSA) is 75.2 Å². The number of nitrogens with zero attached hydrogens (tertiary/aromatic N) is 1. The van der Waals surface area contributed by atoms with Crippen LogP contribution in [0.5, 0.6) is 11.6 Å². The summed E-state index contributed by atoms with van der Waals surface area (Å²) in [5, 5.41) is 8.78. The van der Waals surface area contributed by atoms with Gasteiger partial charge in [0.05, 0.1) is 12.4 Å². The summed E-state index contributed by atoms with van der Waals surface area (Å²) in [6.45, 7) is 0.121. The molecule has 1 aromatic heterocycles. The Morgan fingerprint density at radius 2 is 2.06 bits per heavy atom. The Kier molecular flexibility index (Phi) is 3.52. The molecule has 0 aliphatic heterocycles. The van der Waals surface area contributed by atoms with Gasteiger partial charge in [0.1, 0.15) is 5.75 Å². The van der Waals surface area contributed by atoms with Crippen molar-refractivity contribution in [2.75, 3.05) is 6.61 Å². The Morgan fingerprint density at radius 3 is 2.71 bits per heavy atom. The van der Waals surface area contributed by atoms with Gasteiger partial charge in [-0.1, -0.05) is 12.1 Å². The van der Waals surface area contributed by atoms with E-state index in [4.69, 9.17) is 9.84 Å². The molecule has 88 valence electrons. The van der Waals surface area contributed by atoms with Gasteiger partial charge in [0.25, 0.3) is 5.56 Å². The molecule has 0 radical (unpaired) electrons. The van der Waals surface area contributed by atoms with E-state index in [0.29, 0.717) is 12.2 Å². The maximum atomic E-state index is 11.0. The van der Waals surface area contributed by atoms with Crippen LogP contribution in [-0.2, 0) is 6.42 Å². The highest BCUT2D eigenvalue weighted by atomic mass is 16.5. The normalized spacial score (nSPS) is 10.2. The highest BCUT2D eigenvalue weighted by molar-refractivity contribution is 5.30. The number of aliphatic hydroxyl groups is 1. The standard InChI is InChI=1S/C12H12N2O3/c15-6-5-9-1-3-10(4-2-9)17-12-7-11(16)13-8-14-12/h1-4,7-8,15H,5-6H2,(H,13,14,16). The first-order valence-corrected chi connectivity index (χ1v) is 5.20. The lowest BCUT2D eigenvalue weighted by Gasteiger charge is -2.04. The summed E-state index contributed by atoms with van der Waals surface area (Å²) < 4.78 is 5.40. The molecule has 0 fully saturated rings. The van der Waals surface area contributed by atoms with E-state index >= 15 is 0 Å². The molecule has 0 saturated carbocycles. The van der Waals surface area contributed by atoms with E-state index in [1.165, 1.54) is 12.4 Å². The fourth-order valence-corrected chi connectivity index (χ4v) is 1.38. The van der Waals surface area contributed by atoms with Crippen LogP contribution in [0.15, 0.2) is 41.5 Å². The van der Waals surface area contributed by atoms with Crippen LogP contribution in [0.25, 0.3) is 0 Å². The van der Waals surface area contributed by atoms with Gasteiger partial charge in [-0.3, -0.25) is 4.79 Å². The minimum Gasteiger partial charge on any atom is -0.439 e. The minimum absolute atomic E-state index is 0.121. The molecule has 2 rings (SSSR count). The molecule has 0 atom stereocenters. The molecule has 0 unspecified atom stereocenters. The molecule has 0 amide bonds. The van der Waals surface area contributed by atoms with Gasteiger partial charge >= 0.3 is 0 Å². The molecule has 1 heterocycles. The van der Waals surface area contributed by atoms with Gasteiger partial charge in [0.15, 0.2) is 0 Å². The highest BCUT2D eigenvalue weighted by Crippen LogP contribution is 2.18. The third-order valence-corrected chi connectivity index (χ3v) is 2.20. The van der Waals surface area contributed by atoms with E-state index in [1.807, 2.05) is 12.1 Å². The number of aromatic nitrogens is 2. The van der Waals surface area contributed by atoms with E-state index in [-0.39, 0.29) is 18.0 Å². The largest absolute Gasteiger partial charge is 0.439 e. The number of ether oxygens (including phenoxy) is 1. The zero-order chi connectivity index (χ0) is 12.1. The van der Waals surface area contributed by atoms with Gasteiger partial charge in [-0.2, -0.15) is 0 Å². The summed E-state index contributed by atoms with van der Waals surface area (Å²) in [5.41, 5.74) is 0.769. The van der Waals surface area contributed by atoms with Crippen LogP contribution >= 0.6 is 0 Å². The average molecular weight is 232 g/mol. The molecule has 0 aliphatic rings. The van der Waals surface area contributed by atoms with Crippen molar-refractivity contribution in [1.29, 1.82) is 0 Å². The molecule has 2 aromatic rings. The first kappa shape index (κ1) is 11.3. The number of benzene rings is 1. The van der Waals surface area contributed by atoms with Gasteiger partial charge < -0.3 is 14.8 Å². The lowest BCUT2D eigenvalue weighted by Crippen LogP contribution is -2.04. The summed E-state index contributed by atoms with van der Waals surface area (Å²) in [6.07, 6.45) is 1.90. The molecule has 5 heteroatoms. The molecular weight excluding hydrogens is 220 g/mol. The first-order valence-electron chi connectivity index (χ1n) is 5.20. The maximum absolute atomic E-state index is 11.0. The minimum atomic E-state index is -0.257. The highest BCUT2D eigenvalue weighted by Gasteiger charge is 1.99. The Hall–Kier alpha value is -2.14. The summed E-state index contributed by atoms with van der Waals surface area (Å²) in [6, 6.07) is 8.54. The molecule has 0 saturated heterocycles. The van der Waals surface area contributed by atoms with Crippen molar-refractivity contribution in [3.63, 3.8) is 0 Å². The molecule has 1 aromatic carbocycles. The summed E-state index contributed by atoms with van der Waals surface area (Å²) in [4.78, 5) is 17.3. The van der Waals surface area contributed by atoms with Crippen molar-refractivity contribution in [3.8, 4) is 11.6 Å². The fourth-order valence-electron chi connectivity index (χ4n) is 1.38. The molecule has 0 bridgehead atoms. The van der Waals surface area contributed by atoms with Gasteiger partial charge in [-0.25, -0.2) is 4.98 Å². The van der Waals surface area contributed by atoms with Crippen molar-refractivity contribution < 1.29 is 9.84 Å². The third-order valence-electron chi connectivity index (χ3n) is 2.20. The number of hydrogen-bond acceptors (Lipinski definition) is 4. The molecular formula is C12H12N2O3. The SMILES string of the molecule is O=c1cc(Oc2ccc(CCO)cc2)nc[nH]1. The number of H-pyrrole nitrogens is 1. The molecule has 0 spiro atoms. The molecule has 0 aliphatic carbocycles. The van der Waals surface area contributed by atoms with Crippen molar-refractivity contribution in [2.45, 2.75) is 6.42 Å². The predicted molar refractivity (Wildman–Crippen MR) is 62.2 cm³/mol. The second-order valence-electron chi connectivity index (χ2n) is 3.47. The Labute approximate surface area is 97.7 Å². The van der Waals surface area contributed by atoms with Gasteiger partial charge in [0.2, 0.25) is 5.88 Å².